The van der Waals surface area contributed by atoms with Crippen molar-refractivity contribution in [2.24, 2.45) is 0 Å². The summed E-state index contributed by atoms with van der Waals surface area (Å²) in [5, 5.41) is 13.5. The van der Waals surface area contributed by atoms with E-state index in [1.54, 1.807) is 10.9 Å². The van der Waals surface area contributed by atoms with E-state index in [0.29, 0.717) is 30.9 Å². The van der Waals surface area contributed by atoms with Gasteiger partial charge in [0.1, 0.15) is 11.3 Å². The third-order valence-corrected chi connectivity index (χ3v) is 4.13. The van der Waals surface area contributed by atoms with Crippen molar-refractivity contribution in [1.29, 1.82) is 0 Å². The number of nitrogens with zero attached hydrogens (tertiary/aromatic N) is 3. The third kappa shape index (κ3) is 3.48. The first-order chi connectivity index (χ1) is 12.0. The van der Waals surface area contributed by atoms with Gasteiger partial charge >= 0.3 is 12.1 Å². The van der Waals surface area contributed by atoms with Gasteiger partial charge in [-0.05, 0) is 16.7 Å². The van der Waals surface area contributed by atoms with Crippen LogP contribution in [0.1, 0.15) is 32.7 Å². The predicted octanol–water partition coefficient (Wildman–Crippen LogP) is 1.86. The number of hydrogen-bond donors (Lipinski definition) is 1. The fraction of sp³-hybridized carbons (Fsp3) is 0.353. The van der Waals surface area contributed by atoms with Crippen molar-refractivity contribution in [3.63, 3.8) is 0 Å². The molecule has 0 radical (unpaired) electrons. The molecule has 0 bridgehead atoms. The average Bonchev–Trinajstić information content (AvgIpc) is 3.18. The summed E-state index contributed by atoms with van der Waals surface area (Å²) in [5.74, 6) is -0.454. The molecule has 0 saturated heterocycles. The summed E-state index contributed by atoms with van der Waals surface area (Å²) in [6.45, 7) is 1.49. The summed E-state index contributed by atoms with van der Waals surface area (Å²) in [6, 6.07) is 5.86. The lowest BCUT2D eigenvalue weighted by atomic mass is 10.1. The number of ether oxygens (including phenoxy) is 2. The van der Waals surface area contributed by atoms with Gasteiger partial charge in [-0.25, -0.2) is 9.59 Å². The second-order valence-electron chi connectivity index (χ2n) is 5.85. The van der Waals surface area contributed by atoms with Crippen LogP contribution in [0.5, 0.6) is 0 Å². The number of carbonyl (C=O) groups is 2. The van der Waals surface area contributed by atoms with E-state index in [4.69, 9.17) is 14.6 Å². The Bertz CT molecular complexity index is 815. The molecular weight excluding hydrogens is 326 g/mol. The molecule has 0 fully saturated rings. The van der Waals surface area contributed by atoms with Crippen LogP contribution >= 0.6 is 0 Å². The average molecular weight is 345 g/mol. The number of carboxylic acid groups (broad SMARTS) is 1. The zero-order valence-corrected chi connectivity index (χ0v) is 14.1. The lowest BCUT2D eigenvalue weighted by molar-refractivity contribution is 0.0595. The van der Waals surface area contributed by atoms with Gasteiger partial charge in [-0.15, -0.1) is 0 Å². The summed E-state index contributed by atoms with van der Waals surface area (Å²) in [5.41, 5.74) is 3.89. The minimum Gasteiger partial charge on any atom is -0.465 e. The zero-order chi connectivity index (χ0) is 18.0. The maximum atomic E-state index is 11.8. The molecule has 1 aromatic heterocycles. The van der Waals surface area contributed by atoms with Gasteiger partial charge < -0.3 is 14.6 Å². The van der Waals surface area contributed by atoms with E-state index >= 15 is 0 Å². The molecule has 1 N–H and O–H groups in total. The molecule has 2 heterocycles. The Morgan fingerprint density at radius 1 is 1.24 bits per heavy atom. The molecular formula is C17H19N3O5. The first kappa shape index (κ1) is 17.0. The molecule has 1 amide bonds. The molecule has 0 saturated carbocycles. The molecule has 0 aliphatic carbocycles. The highest BCUT2D eigenvalue weighted by Gasteiger charge is 2.23. The van der Waals surface area contributed by atoms with Crippen molar-refractivity contribution in [3.05, 3.63) is 52.3 Å². The molecule has 1 aliphatic heterocycles. The minimum atomic E-state index is -0.920. The van der Waals surface area contributed by atoms with E-state index in [9.17, 15) is 9.59 Å². The Morgan fingerprint density at radius 2 is 2.00 bits per heavy atom. The van der Waals surface area contributed by atoms with Crippen molar-refractivity contribution in [3.8, 4) is 0 Å². The molecule has 2 aromatic rings. The molecule has 1 aliphatic rings. The molecule has 25 heavy (non-hydrogen) atoms. The topological polar surface area (TPSA) is 93.9 Å². The summed E-state index contributed by atoms with van der Waals surface area (Å²) in [7, 11) is 2.86. The van der Waals surface area contributed by atoms with E-state index in [0.717, 1.165) is 16.7 Å². The first-order valence-electron chi connectivity index (χ1n) is 7.74. The number of hydrogen-bond acceptors (Lipinski definition) is 5. The Labute approximate surface area is 144 Å². The number of rotatable bonds is 5. The van der Waals surface area contributed by atoms with Gasteiger partial charge in [0.2, 0.25) is 0 Å². The first-order valence-corrected chi connectivity index (χ1v) is 7.74. The van der Waals surface area contributed by atoms with Crippen LogP contribution in [0.4, 0.5) is 4.79 Å². The number of fused-ring (bicyclic) bond motifs is 1. The molecule has 1 aromatic carbocycles. The fourth-order valence-corrected chi connectivity index (χ4v) is 2.93. The van der Waals surface area contributed by atoms with E-state index in [1.165, 1.54) is 19.1 Å². The zero-order valence-electron chi connectivity index (χ0n) is 14.1. The van der Waals surface area contributed by atoms with Crippen LogP contribution in [-0.4, -0.2) is 46.1 Å². The highest BCUT2D eigenvalue weighted by molar-refractivity contribution is 5.90. The molecule has 0 spiro atoms. The molecule has 132 valence electrons. The van der Waals surface area contributed by atoms with Gasteiger partial charge in [0.15, 0.2) is 0 Å². The largest absolute Gasteiger partial charge is 0.465 e. The van der Waals surface area contributed by atoms with Gasteiger partial charge in [0.05, 0.1) is 20.3 Å². The quantitative estimate of drug-likeness (QED) is 0.831. The standard InChI is InChI=1S/C17H19N3O5/c1-24-10-15-14(16(21)25-2)9-20(18-15)6-11-3-4-12-7-19(17(22)23)8-13(12)5-11/h3-5,9H,6-8,10H2,1-2H3,(H,22,23). The highest BCUT2D eigenvalue weighted by Crippen LogP contribution is 2.24. The van der Waals surface area contributed by atoms with Gasteiger partial charge in [-0.1, -0.05) is 18.2 Å². The predicted molar refractivity (Wildman–Crippen MR) is 87.1 cm³/mol. The van der Waals surface area contributed by atoms with Crippen LogP contribution in [0.15, 0.2) is 24.4 Å². The van der Waals surface area contributed by atoms with E-state index < -0.39 is 12.1 Å². The summed E-state index contributed by atoms with van der Waals surface area (Å²) >= 11 is 0. The number of carbonyl (C=O) groups excluding carboxylic acids is 1. The van der Waals surface area contributed by atoms with Gasteiger partial charge in [-0.3, -0.25) is 9.58 Å². The van der Waals surface area contributed by atoms with Crippen LogP contribution in [-0.2, 0) is 35.7 Å². The van der Waals surface area contributed by atoms with Crippen LogP contribution in [0, 0.1) is 0 Å². The maximum Gasteiger partial charge on any atom is 0.407 e. The summed E-state index contributed by atoms with van der Waals surface area (Å²) < 4.78 is 11.5. The third-order valence-electron chi connectivity index (χ3n) is 4.13. The molecule has 8 heteroatoms. The van der Waals surface area contributed by atoms with Crippen molar-refractivity contribution in [2.75, 3.05) is 14.2 Å². The van der Waals surface area contributed by atoms with Gasteiger partial charge in [-0.2, -0.15) is 5.10 Å². The Hall–Kier alpha value is -2.87. The SMILES string of the molecule is COCc1nn(Cc2ccc3c(c2)CN(C(=O)O)C3)cc1C(=O)OC. The number of benzene rings is 1. The Balaban J connectivity index is 1.81. The smallest absolute Gasteiger partial charge is 0.407 e. The van der Waals surface area contributed by atoms with Crippen LogP contribution in [0.2, 0.25) is 0 Å². The molecule has 0 unspecified atom stereocenters. The second kappa shape index (κ2) is 6.94. The number of aromatic nitrogens is 2. The number of methoxy groups -OCH3 is 2. The normalized spacial score (nSPS) is 13.0. The molecule has 3 rings (SSSR count). The van der Waals surface area contributed by atoms with E-state index in [1.807, 2.05) is 18.2 Å². The molecule has 8 nitrogen and oxygen atoms in total. The van der Waals surface area contributed by atoms with Crippen LogP contribution in [0.25, 0.3) is 0 Å². The van der Waals surface area contributed by atoms with Crippen molar-refractivity contribution >= 4 is 12.1 Å². The van der Waals surface area contributed by atoms with E-state index in [-0.39, 0.29) is 6.61 Å². The Kier molecular flexibility index (Phi) is 4.71. The second-order valence-corrected chi connectivity index (χ2v) is 5.85. The Morgan fingerprint density at radius 3 is 2.68 bits per heavy atom. The lowest BCUT2D eigenvalue weighted by Gasteiger charge is -2.08. The minimum absolute atomic E-state index is 0.217. The van der Waals surface area contributed by atoms with Crippen molar-refractivity contribution in [1.82, 2.24) is 14.7 Å². The maximum absolute atomic E-state index is 11.8. The summed E-state index contributed by atoms with van der Waals surface area (Å²) in [6.07, 6.45) is 0.716. The van der Waals surface area contributed by atoms with Gasteiger partial charge in [0.25, 0.3) is 0 Å². The van der Waals surface area contributed by atoms with Crippen LogP contribution in [0.3, 0.4) is 0 Å². The molecule has 0 atom stereocenters. The van der Waals surface area contributed by atoms with Crippen molar-refractivity contribution in [2.45, 2.75) is 26.2 Å². The fourth-order valence-electron chi connectivity index (χ4n) is 2.93. The number of amides is 1. The monoisotopic (exact) mass is 345 g/mol. The number of esters is 1. The van der Waals surface area contributed by atoms with Crippen molar-refractivity contribution < 1.29 is 24.2 Å². The van der Waals surface area contributed by atoms with Gasteiger partial charge in [0, 0.05) is 26.4 Å². The highest BCUT2D eigenvalue weighted by atomic mass is 16.5. The van der Waals surface area contributed by atoms with E-state index in [2.05, 4.69) is 5.10 Å². The summed E-state index contributed by atoms with van der Waals surface area (Å²) in [4.78, 5) is 24.3. The lowest BCUT2D eigenvalue weighted by Crippen LogP contribution is -2.22. The van der Waals surface area contributed by atoms with Crippen LogP contribution < -0.4 is 0 Å².